The largest absolute Gasteiger partial charge is 0.493 e. The minimum atomic E-state index is -0.737. The Kier molecular flexibility index (Phi) is 5.93. The molecular formula is C18H15Cl2N3O5. The van der Waals surface area contributed by atoms with Crippen LogP contribution in [0.1, 0.15) is 5.56 Å². The number of fused-ring (bicyclic) bond motifs is 1. The zero-order valence-electron chi connectivity index (χ0n) is 14.6. The summed E-state index contributed by atoms with van der Waals surface area (Å²) in [5.74, 6) is 0.350. The summed E-state index contributed by atoms with van der Waals surface area (Å²) in [5.41, 5.74) is 3.13. The third-order valence-corrected chi connectivity index (χ3v) is 4.28. The molecule has 0 unspecified atom stereocenters. The van der Waals surface area contributed by atoms with Gasteiger partial charge in [0.1, 0.15) is 5.76 Å². The van der Waals surface area contributed by atoms with Crippen molar-refractivity contribution < 1.29 is 24.2 Å². The number of halogens is 2. The van der Waals surface area contributed by atoms with Gasteiger partial charge in [0.15, 0.2) is 18.1 Å². The van der Waals surface area contributed by atoms with Crippen molar-refractivity contribution in [3.8, 4) is 17.2 Å². The van der Waals surface area contributed by atoms with E-state index in [1.165, 1.54) is 25.0 Å². The number of rotatable bonds is 6. The van der Waals surface area contributed by atoms with E-state index in [4.69, 9.17) is 42.6 Å². The molecule has 146 valence electrons. The summed E-state index contributed by atoms with van der Waals surface area (Å²) in [6, 6.07) is 3.38. The maximum Gasteiger partial charge on any atom is 0.281 e. The Hall–Kier alpha value is -2.94. The predicted octanol–water partition coefficient (Wildman–Crippen LogP) is 3.64. The summed E-state index contributed by atoms with van der Waals surface area (Å²) in [6.45, 7) is 3.37. The topological polar surface area (TPSA) is 102 Å². The number of ether oxygens (including phenoxy) is 3. The van der Waals surface area contributed by atoms with Gasteiger partial charge in [-0.15, -0.1) is 0 Å². The number of methoxy groups -OCH3 is 1. The molecule has 3 N–H and O–H groups in total. The summed E-state index contributed by atoms with van der Waals surface area (Å²) in [4.78, 5) is 15.3. The molecule has 0 radical (unpaired) electrons. The summed E-state index contributed by atoms with van der Waals surface area (Å²) < 4.78 is 16.5. The average molecular weight is 424 g/mol. The number of nitrogens with one attached hydrogen (secondary N) is 2. The molecule has 1 aromatic carbocycles. The van der Waals surface area contributed by atoms with Gasteiger partial charge in [-0.2, -0.15) is 0 Å². The molecule has 0 spiro atoms. The van der Waals surface area contributed by atoms with Crippen LogP contribution in [0.25, 0.3) is 5.70 Å². The number of hydroxylamine groups is 1. The van der Waals surface area contributed by atoms with Gasteiger partial charge in [-0.05, 0) is 12.1 Å². The molecule has 0 fully saturated rings. The van der Waals surface area contributed by atoms with E-state index in [1.807, 2.05) is 0 Å². The van der Waals surface area contributed by atoms with Gasteiger partial charge in [0.25, 0.3) is 5.91 Å². The fraction of sp³-hybridized carbons (Fsp3) is 0.111. The van der Waals surface area contributed by atoms with Gasteiger partial charge in [-0.1, -0.05) is 29.8 Å². The van der Waals surface area contributed by atoms with Crippen molar-refractivity contribution >= 4 is 40.5 Å². The molecule has 2 aromatic rings. The monoisotopic (exact) mass is 423 g/mol. The lowest BCUT2D eigenvalue weighted by atomic mass is 10.1. The lowest BCUT2D eigenvalue weighted by Crippen LogP contribution is -2.25. The van der Waals surface area contributed by atoms with E-state index < -0.39 is 12.5 Å². The first-order chi connectivity index (χ1) is 13.4. The zero-order chi connectivity index (χ0) is 20.3. The number of hydrogen-bond donors (Lipinski definition) is 3. The zero-order valence-corrected chi connectivity index (χ0v) is 16.1. The van der Waals surface area contributed by atoms with Crippen LogP contribution in [-0.4, -0.2) is 29.8 Å². The van der Waals surface area contributed by atoms with Crippen molar-refractivity contribution in [1.82, 2.24) is 10.5 Å². The fourth-order valence-electron chi connectivity index (χ4n) is 2.49. The van der Waals surface area contributed by atoms with E-state index >= 15 is 0 Å². The van der Waals surface area contributed by atoms with E-state index in [0.29, 0.717) is 38.5 Å². The molecule has 0 bridgehead atoms. The number of allylic oxidation sites excluding steroid dienone is 1. The smallest absolute Gasteiger partial charge is 0.281 e. The molecule has 2 heterocycles. The van der Waals surface area contributed by atoms with Gasteiger partial charge < -0.3 is 19.5 Å². The van der Waals surface area contributed by atoms with Crippen molar-refractivity contribution in [1.29, 1.82) is 0 Å². The molecule has 28 heavy (non-hydrogen) atoms. The number of amides is 1. The SMILES string of the molecule is C=C1C=C(Nc2c(Cl)cncc2Cl)c2ccc(OC)c(OCC(=O)NO)c2O1. The van der Waals surface area contributed by atoms with Gasteiger partial charge in [-0.3, -0.25) is 15.0 Å². The van der Waals surface area contributed by atoms with E-state index in [1.54, 1.807) is 18.2 Å². The molecule has 0 saturated heterocycles. The fourth-order valence-corrected chi connectivity index (χ4v) is 2.95. The standard InChI is InChI=1S/C18H15Cl2N3O5/c1-9-5-13(22-16-11(19)6-21-7-12(16)20)10-3-4-14(26-2)18(17(10)28-9)27-8-15(24)23-25/h3-7,25H,1,8H2,2H3,(H,21,22)(H,23,24). The van der Waals surface area contributed by atoms with Crippen LogP contribution < -0.4 is 25.0 Å². The van der Waals surface area contributed by atoms with Gasteiger partial charge >= 0.3 is 0 Å². The Labute approximate surface area is 170 Å². The number of carbonyl (C=O) groups is 1. The van der Waals surface area contributed by atoms with Crippen LogP contribution in [0.5, 0.6) is 17.2 Å². The average Bonchev–Trinajstić information content (AvgIpc) is 2.68. The van der Waals surface area contributed by atoms with Crippen LogP contribution in [0.2, 0.25) is 10.0 Å². The first-order valence-corrected chi connectivity index (χ1v) is 8.61. The first kappa shape index (κ1) is 19.8. The normalized spacial score (nSPS) is 12.4. The summed E-state index contributed by atoms with van der Waals surface area (Å²) in [5, 5.41) is 12.5. The summed E-state index contributed by atoms with van der Waals surface area (Å²) in [7, 11) is 1.45. The van der Waals surface area contributed by atoms with Crippen molar-refractivity contribution in [2.75, 3.05) is 19.0 Å². The highest BCUT2D eigenvalue weighted by molar-refractivity contribution is 6.39. The highest BCUT2D eigenvalue weighted by Gasteiger charge is 2.25. The molecule has 0 aliphatic carbocycles. The Morgan fingerprint density at radius 2 is 2.04 bits per heavy atom. The van der Waals surface area contributed by atoms with Crippen molar-refractivity contribution in [2.24, 2.45) is 0 Å². The van der Waals surface area contributed by atoms with Crippen LogP contribution >= 0.6 is 23.2 Å². The molecule has 8 nitrogen and oxygen atoms in total. The van der Waals surface area contributed by atoms with Crippen LogP contribution in [-0.2, 0) is 4.79 Å². The molecule has 1 aliphatic heterocycles. The van der Waals surface area contributed by atoms with Crippen LogP contribution in [0, 0.1) is 0 Å². The second kappa shape index (κ2) is 8.39. The maximum absolute atomic E-state index is 11.4. The lowest BCUT2D eigenvalue weighted by Gasteiger charge is -2.24. The van der Waals surface area contributed by atoms with Crippen LogP contribution in [0.4, 0.5) is 5.69 Å². The van der Waals surface area contributed by atoms with Gasteiger partial charge in [0, 0.05) is 24.0 Å². The van der Waals surface area contributed by atoms with Gasteiger partial charge in [0.05, 0.1) is 28.5 Å². The third-order valence-electron chi connectivity index (χ3n) is 3.71. The molecular weight excluding hydrogens is 409 g/mol. The van der Waals surface area contributed by atoms with E-state index in [0.717, 1.165) is 0 Å². The maximum atomic E-state index is 11.4. The number of nitrogens with zero attached hydrogens (tertiary/aromatic N) is 1. The number of carbonyl (C=O) groups excluding carboxylic acids is 1. The Morgan fingerprint density at radius 1 is 1.32 bits per heavy atom. The van der Waals surface area contributed by atoms with Crippen molar-refractivity contribution in [3.05, 3.63) is 58.5 Å². The van der Waals surface area contributed by atoms with Crippen molar-refractivity contribution in [2.45, 2.75) is 0 Å². The van der Waals surface area contributed by atoms with E-state index in [9.17, 15) is 4.79 Å². The number of hydrogen-bond acceptors (Lipinski definition) is 7. The highest BCUT2D eigenvalue weighted by Crippen LogP contribution is 2.46. The van der Waals surface area contributed by atoms with E-state index in [2.05, 4.69) is 16.9 Å². The quantitative estimate of drug-likeness (QED) is 0.481. The van der Waals surface area contributed by atoms with Crippen LogP contribution in [0.15, 0.2) is 42.9 Å². The number of anilines is 1. The summed E-state index contributed by atoms with van der Waals surface area (Å²) in [6.07, 6.45) is 4.58. The number of aromatic nitrogens is 1. The highest BCUT2D eigenvalue weighted by atomic mass is 35.5. The minimum absolute atomic E-state index is 0.170. The minimum Gasteiger partial charge on any atom is -0.493 e. The third kappa shape index (κ3) is 3.99. The second-order valence-corrected chi connectivity index (χ2v) is 6.34. The molecule has 1 aliphatic rings. The molecule has 3 rings (SSSR count). The number of benzene rings is 1. The second-order valence-electron chi connectivity index (χ2n) is 5.53. The molecule has 10 heteroatoms. The van der Waals surface area contributed by atoms with Crippen molar-refractivity contribution in [3.63, 3.8) is 0 Å². The molecule has 1 amide bonds. The molecule has 0 saturated carbocycles. The lowest BCUT2D eigenvalue weighted by molar-refractivity contribution is -0.131. The summed E-state index contributed by atoms with van der Waals surface area (Å²) >= 11 is 12.4. The Balaban J connectivity index is 2.03. The number of pyridine rings is 1. The Morgan fingerprint density at radius 3 is 2.68 bits per heavy atom. The molecule has 1 aromatic heterocycles. The van der Waals surface area contributed by atoms with E-state index in [-0.39, 0.29) is 11.5 Å². The Bertz CT molecular complexity index is 958. The van der Waals surface area contributed by atoms with Crippen LogP contribution in [0.3, 0.4) is 0 Å². The van der Waals surface area contributed by atoms with Gasteiger partial charge in [0.2, 0.25) is 5.75 Å². The predicted molar refractivity (Wildman–Crippen MR) is 104 cm³/mol. The first-order valence-electron chi connectivity index (χ1n) is 7.86. The van der Waals surface area contributed by atoms with Gasteiger partial charge in [-0.25, -0.2) is 5.48 Å². The molecule has 0 atom stereocenters.